The molecule has 1 aromatic heterocycles. The van der Waals surface area contributed by atoms with E-state index in [2.05, 4.69) is 10.1 Å². The van der Waals surface area contributed by atoms with Crippen molar-refractivity contribution in [2.45, 2.75) is 19.6 Å². The van der Waals surface area contributed by atoms with E-state index in [1.165, 1.54) is 6.92 Å². The summed E-state index contributed by atoms with van der Waals surface area (Å²) >= 11 is 0. The number of aliphatic hydroxyl groups excluding tert-OH is 1. The van der Waals surface area contributed by atoms with Crippen molar-refractivity contribution in [2.24, 2.45) is 0 Å². The van der Waals surface area contributed by atoms with Crippen LogP contribution in [0.2, 0.25) is 0 Å². The Morgan fingerprint density at radius 3 is 2.55 bits per heavy atom. The van der Waals surface area contributed by atoms with Gasteiger partial charge in [0.15, 0.2) is 5.82 Å². The van der Waals surface area contributed by atoms with Gasteiger partial charge in [-0.1, -0.05) is 0 Å². The Morgan fingerprint density at radius 1 is 1.64 bits per heavy atom. The zero-order valence-corrected chi connectivity index (χ0v) is 5.78. The molecule has 0 amide bonds. The molecular formula is C5H7F2N3O. The van der Waals surface area contributed by atoms with Gasteiger partial charge in [-0.3, -0.25) is 0 Å². The molecule has 6 heteroatoms. The number of hydrogen-bond acceptors (Lipinski definition) is 3. The monoisotopic (exact) mass is 163 g/mol. The molecule has 1 N–H and O–H groups in total. The van der Waals surface area contributed by atoms with Crippen molar-refractivity contribution in [1.29, 1.82) is 0 Å². The summed E-state index contributed by atoms with van der Waals surface area (Å²) in [5.74, 6) is 0.00491. The maximum absolute atomic E-state index is 11.8. The lowest BCUT2D eigenvalue weighted by molar-refractivity contribution is 0.0547. The van der Waals surface area contributed by atoms with Crippen molar-refractivity contribution < 1.29 is 13.9 Å². The second-order valence-electron chi connectivity index (χ2n) is 2.04. The van der Waals surface area contributed by atoms with Crippen LogP contribution in [0.5, 0.6) is 0 Å². The van der Waals surface area contributed by atoms with Crippen molar-refractivity contribution in [3.8, 4) is 0 Å². The van der Waals surface area contributed by atoms with E-state index in [9.17, 15) is 8.78 Å². The maximum atomic E-state index is 11.8. The normalized spacial score (nSPS) is 13.9. The maximum Gasteiger partial charge on any atom is 0.334 e. The number of hydrogen-bond donors (Lipinski definition) is 1. The Morgan fingerprint density at radius 2 is 2.27 bits per heavy atom. The van der Waals surface area contributed by atoms with Gasteiger partial charge in [-0.15, -0.1) is 5.10 Å². The molecular weight excluding hydrogens is 156 g/mol. The molecule has 4 nitrogen and oxygen atoms in total. The highest BCUT2D eigenvalue weighted by atomic mass is 19.3. The van der Waals surface area contributed by atoms with Gasteiger partial charge in [0.25, 0.3) is 0 Å². The molecule has 0 saturated carbocycles. The molecule has 62 valence electrons. The van der Waals surface area contributed by atoms with Crippen molar-refractivity contribution in [3.63, 3.8) is 0 Å². The third kappa shape index (κ3) is 1.70. The summed E-state index contributed by atoms with van der Waals surface area (Å²) in [6, 6.07) is 0. The third-order valence-electron chi connectivity index (χ3n) is 1.10. The molecule has 1 atom stereocenters. The molecule has 0 unspecified atom stereocenters. The molecule has 0 aliphatic rings. The fraction of sp³-hybridized carbons (Fsp3) is 0.600. The van der Waals surface area contributed by atoms with E-state index in [0.29, 0.717) is 4.68 Å². The molecule has 11 heavy (non-hydrogen) atoms. The minimum Gasteiger partial charge on any atom is -0.385 e. The summed E-state index contributed by atoms with van der Waals surface area (Å²) < 4.78 is 24.0. The Bertz CT molecular complexity index is 213. The molecule has 0 aliphatic carbocycles. The van der Waals surface area contributed by atoms with Crippen LogP contribution in [0, 0.1) is 0 Å². The van der Waals surface area contributed by atoms with Crippen molar-refractivity contribution in [2.75, 3.05) is 0 Å². The predicted molar refractivity (Wildman–Crippen MR) is 31.9 cm³/mol. The van der Waals surface area contributed by atoms with E-state index < -0.39 is 12.7 Å². The summed E-state index contributed by atoms with van der Waals surface area (Å²) in [4.78, 5) is 3.46. The van der Waals surface area contributed by atoms with Gasteiger partial charge in [0.2, 0.25) is 0 Å². The summed E-state index contributed by atoms with van der Waals surface area (Å²) in [6.45, 7) is -1.29. The van der Waals surface area contributed by atoms with Gasteiger partial charge in [0, 0.05) is 0 Å². The molecule has 0 saturated heterocycles. The number of aromatic nitrogens is 3. The second kappa shape index (κ2) is 2.91. The Hall–Kier alpha value is -1.04. The Kier molecular flexibility index (Phi) is 2.13. The first kappa shape index (κ1) is 8.06. The molecule has 0 aliphatic heterocycles. The first-order chi connectivity index (χ1) is 5.11. The topological polar surface area (TPSA) is 50.9 Å². The van der Waals surface area contributed by atoms with E-state index >= 15 is 0 Å². The number of halogens is 2. The van der Waals surface area contributed by atoms with Crippen LogP contribution in [0.4, 0.5) is 8.78 Å². The highest BCUT2D eigenvalue weighted by Crippen LogP contribution is 2.10. The zero-order chi connectivity index (χ0) is 8.43. The molecule has 0 fully saturated rings. The third-order valence-corrected chi connectivity index (χ3v) is 1.10. The van der Waals surface area contributed by atoms with E-state index in [1.807, 2.05) is 0 Å². The Balaban J connectivity index is 2.82. The van der Waals surface area contributed by atoms with Crippen LogP contribution in [0.1, 0.15) is 25.4 Å². The van der Waals surface area contributed by atoms with Gasteiger partial charge < -0.3 is 5.11 Å². The van der Waals surface area contributed by atoms with E-state index in [1.54, 1.807) is 0 Å². The fourth-order valence-electron chi connectivity index (χ4n) is 0.574. The highest BCUT2D eigenvalue weighted by molar-refractivity contribution is 4.84. The standard InChI is InChI=1S/C5H7F2N3O/c1-3(11)4-8-2-10(9-4)5(6)7/h2-3,5,11H,1H3/t3-/m1/s1. The van der Waals surface area contributed by atoms with Gasteiger partial charge in [-0.25, -0.2) is 4.98 Å². The first-order valence-electron chi connectivity index (χ1n) is 2.98. The summed E-state index contributed by atoms with van der Waals surface area (Å²) in [5.41, 5.74) is 0. The molecule has 0 spiro atoms. The molecule has 1 rings (SSSR count). The van der Waals surface area contributed by atoms with Crippen LogP contribution in [-0.2, 0) is 0 Å². The van der Waals surface area contributed by atoms with E-state index in [-0.39, 0.29) is 5.82 Å². The lowest BCUT2D eigenvalue weighted by Gasteiger charge is -1.96. The zero-order valence-electron chi connectivity index (χ0n) is 5.78. The number of aliphatic hydroxyl groups is 1. The average Bonchev–Trinajstić information content (AvgIpc) is 2.33. The van der Waals surface area contributed by atoms with Crippen LogP contribution in [0.15, 0.2) is 6.33 Å². The van der Waals surface area contributed by atoms with Gasteiger partial charge in [-0.05, 0) is 6.92 Å². The summed E-state index contributed by atoms with van der Waals surface area (Å²) in [7, 11) is 0. The van der Waals surface area contributed by atoms with Crippen molar-refractivity contribution >= 4 is 0 Å². The lowest BCUT2D eigenvalue weighted by atomic mass is 10.4. The fourth-order valence-corrected chi connectivity index (χ4v) is 0.574. The van der Waals surface area contributed by atoms with Crippen LogP contribution in [0.25, 0.3) is 0 Å². The van der Waals surface area contributed by atoms with Crippen molar-refractivity contribution in [1.82, 2.24) is 14.8 Å². The predicted octanol–water partition coefficient (Wildman–Crippen LogP) is 0.726. The van der Waals surface area contributed by atoms with Crippen LogP contribution in [-0.4, -0.2) is 19.9 Å². The van der Waals surface area contributed by atoms with Gasteiger partial charge >= 0.3 is 6.55 Å². The number of rotatable bonds is 2. The molecule has 0 radical (unpaired) electrons. The minimum atomic E-state index is -2.70. The highest BCUT2D eigenvalue weighted by Gasteiger charge is 2.11. The van der Waals surface area contributed by atoms with Crippen LogP contribution in [0.3, 0.4) is 0 Å². The van der Waals surface area contributed by atoms with Crippen LogP contribution >= 0.6 is 0 Å². The largest absolute Gasteiger partial charge is 0.385 e. The van der Waals surface area contributed by atoms with Crippen molar-refractivity contribution in [3.05, 3.63) is 12.2 Å². The first-order valence-corrected chi connectivity index (χ1v) is 2.98. The SMILES string of the molecule is C[C@@H](O)c1ncn(C(F)F)n1. The second-order valence-corrected chi connectivity index (χ2v) is 2.04. The Labute approximate surface area is 61.5 Å². The smallest absolute Gasteiger partial charge is 0.334 e. The molecule has 0 bridgehead atoms. The molecule has 1 heterocycles. The van der Waals surface area contributed by atoms with Gasteiger partial charge in [0.1, 0.15) is 12.4 Å². The molecule has 1 aromatic rings. The quantitative estimate of drug-likeness (QED) is 0.699. The van der Waals surface area contributed by atoms with E-state index in [0.717, 1.165) is 6.33 Å². The van der Waals surface area contributed by atoms with E-state index in [4.69, 9.17) is 5.11 Å². The van der Waals surface area contributed by atoms with Gasteiger partial charge in [-0.2, -0.15) is 13.5 Å². The minimum absolute atomic E-state index is 0.00491. The lowest BCUT2D eigenvalue weighted by Crippen LogP contribution is -2.00. The number of nitrogens with zero attached hydrogens (tertiary/aromatic N) is 3. The number of alkyl halides is 2. The van der Waals surface area contributed by atoms with Crippen LogP contribution < -0.4 is 0 Å². The summed E-state index contributed by atoms with van der Waals surface area (Å²) in [6.07, 6.45) is -0.0257. The molecule has 0 aromatic carbocycles. The average molecular weight is 163 g/mol. The van der Waals surface area contributed by atoms with Gasteiger partial charge in [0.05, 0.1) is 0 Å². The summed E-state index contributed by atoms with van der Waals surface area (Å²) in [5, 5.41) is 12.2.